The number of aromatic nitrogens is 1. The van der Waals surface area contributed by atoms with Crippen LogP contribution in [-0.4, -0.2) is 17.5 Å². The van der Waals surface area contributed by atoms with E-state index >= 15 is 0 Å². The molecule has 32 heavy (non-hydrogen) atoms. The fourth-order valence-electron chi connectivity index (χ4n) is 3.32. The SMILES string of the molecule is Cc1ccc(OCC(=O)Nc2cc(-c3nc4cc(C(C)C)ccc4o3)ccc2Cl)cc1C. The van der Waals surface area contributed by atoms with Crippen LogP contribution >= 0.6 is 11.6 Å². The molecule has 1 N–H and O–H groups in total. The first-order valence-corrected chi connectivity index (χ1v) is 10.9. The first-order chi connectivity index (χ1) is 15.3. The van der Waals surface area contributed by atoms with Gasteiger partial charge in [0.15, 0.2) is 12.2 Å². The van der Waals surface area contributed by atoms with Crippen LogP contribution in [0.15, 0.2) is 59.0 Å². The topological polar surface area (TPSA) is 64.4 Å². The van der Waals surface area contributed by atoms with Crippen molar-refractivity contribution < 1.29 is 13.9 Å². The summed E-state index contributed by atoms with van der Waals surface area (Å²) in [6, 6.07) is 17.0. The van der Waals surface area contributed by atoms with Gasteiger partial charge in [-0.25, -0.2) is 4.98 Å². The highest BCUT2D eigenvalue weighted by molar-refractivity contribution is 6.33. The number of hydrogen-bond acceptors (Lipinski definition) is 4. The lowest BCUT2D eigenvalue weighted by molar-refractivity contribution is -0.118. The van der Waals surface area contributed by atoms with Crippen LogP contribution in [0, 0.1) is 13.8 Å². The Labute approximate surface area is 192 Å². The Hall–Kier alpha value is -3.31. The van der Waals surface area contributed by atoms with Crippen molar-refractivity contribution in [2.24, 2.45) is 0 Å². The lowest BCUT2D eigenvalue weighted by Gasteiger charge is -2.10. The summed E-state index contributed by atoms with van der Waals surface area (Å²) in [5.74, 6) is 1.22. The Morgan fingerprint density at radius 3 is 2.62 bits per heavy atom. The quantitative estimate of drug-likeness (QED) is 0.348. The lowest BCUT2D eigenvalue weighted by atomic mass is 10.0. The molecular weight excluding hydrogens is 424 g/mol. The van der Waals surface area contributed by atoms with Gasteiger partial charge < -0.3 is 14.5 Å². The number of aryl methyl sites for hydroxylation is 2. The highest BCUT2D eigenvalue weighted by Crippen LogP contribution is 2.31. The van der Waals surface area contributed by atoms with Gasteiger partial charge in [0.05, 0.1) is 10.7 Å². The van der Waals surface area contributed by atoms with Crippen LogP contribution in [0.3, 0.4) is 0 Å². The molecule has 5 nitrogen and oxygen atoms in total. The monoisotopic (exact) mass is 448 g/mol. The maximum atomic E-state index is 12.4. The van der Waals surface area contributed by atoms with Gasteiger partial charge >= 0.3 is 0 Å². The van der Waals surface area contributed by atoms with E-state index < -0.39 is 0 Å². The van der Waals surface area contributed by atoms with Crippen LogP contribution in [0.2, 0.25) is 5.02 Å². The average molecular weight is 449 g/mol. The maximum absolute atomic E-state index is 12.4. The standard InChI is InChI=1S/C26H25ClN2O3/c1-15(2)18-7-10-24-23(12-18)29-26(32-24)19-6-9-21(27)22(13-19)28-25(30)14-31-20-8-5-16(3)17(4)11-20/h5-13,15H,14H2,1-4H3,(H,28,30). The Morgan fingerprint density at radius 2 is 1.88 bits per heavy atom. The number of nitrogens with one attached hydrogen (secondary N) is 1. The van der Waals surface area contributed by atoms with Crippen LogP contribution < -0.4 is 10.1 Å². The molecule has 0 atom stereocenters. The van der Waals surface area contributed by atoms with Crippen LogP contribution in [0.25, 0.3) is 22.6 Å². The number of hydrogen-bond donors (Lipinski definition) is 1. The molecule has 6 heteroatoms. The fourth-order valence-corrected chi connectivity index (χ4v) is 3.48. The zero-order valence-electron chi connectivity index (χ0n) is 18.5. The highest BCUT2D eigenvalue weighted by atomic mass is 35.5. The Bertz CT molecular complexity index is 1290. The second kappa shape index (κ2) is 9.05. The van der Waals surface area contributed by atoms with Crippen molar-refractivity contribution in [1.82, 2.24) is 4.98 Å². The molecule has 1 heterocycles. The van der Waals surface area contributed by atoms with E-state index in [4.69, 9.17) is 20.8 Å². The Kier molecular flexibility index (Phi) is 6.19. The number of ether oxygens (including phenoxy) is 1. The van der Waals surface area contributed by atoms with Crippen molar-refractivity contribution in [3.8, 4) is 17.2 Å². The predicted molar refractivity (Wildman–Crippen MR) is 129 cm³/mol. The molecule has 164 valence electrons. The number of halogens is 1. The van der Waals surface area contributed by atoms with Gasteiger partial charge in [-0.15, -0.1) is 0 Å². The maximum Gasteiger partial charge on any atom is 0.262 e. The number of anilines is 1. The molecule has 0 saturated heterocycles. The number of benzene rings is 3. The van der Waals surface area contributed by atoms with Crippen molar-refractivity contribution in [2.75, 3.05) is 11.9 Å². The average Bonchev–Trinajstić information content (AvgIpc) is 3.19. The summed E-state index contributed by atoms with van der Waals surface area (Å²) in [7, 11) is 0. The van der Waals surface area contributed by atoms with Gasteiger partial charge in [0.2, 0.25) is 5.89 Å². The summed E-state index contributed by atoms with van der Waals surface area (Å²) < 4.78 is 11.5. The first kappa shape index (κ1) is 21.9. The smallest absolute Gasteiger partial charge is 0.262 e. The van der Waals surface area contributed by atoms with E-state index in [9.17, 15) is 4.79 Å². The normalized spacial score (nSPS) is 11.2. The molecule has 0 aliphatic rings. The van der Waals surface area contributed by atoms with Gasteiger partial charge in [-0.05, 0) is 78.9 Å². The van der Waals surface area contributed by atoms with Crippen LogP contribution in [0.4, 0.5) is 5.69 Å². The summed E-state index contributed by atoms with van der Waals surface area (Å²) in [6.07, 6.45) is 0. The zero-order valence-corrected chi connectivity index (χ0v) is 19.3. The van der Waals surface area contributed by atoms with E-state index in [1.807, 2.05) is 56.3 Å². The molecule has 0 aliphatic carbocycles. The molecule has 1 amide bonds. The Morgan fingerprint density at radius 1 is 1.06 bits per heavy atom. The minimum absolute atomic E-state index is 0.121. The number of rotatable bonds is 6. The number of fused-ring (bicyclic) bond motifs is 1. The fraction of sp³-hybridized carbons (Fsp3) is 0.231. The van der Waals surface area contributed by atoms with Crippen molar-refractivity contribution in [3.63, 3.8) is 0 Å². The van der Waals surface area contributed by atoms with E-state index in [0.717, 1.165) is 16.6 Å². The van der Waals surface area contributed by atoms with E-state index in [2.05, 4.69) is 24.1 Å². The van der Waals surface area contributed by atoms with Crippen molar-refractivity contribution >= 4 is 34.3 Å². The van der Waals surface area contributed by atoms with Crippen molar-refractivity contribution in [1.29, 1.82) is 0 Å². The molecule has 0 saturated carbocycles. The molecule has 0 spiro atoms. The molecule has 4 aromatic rings. The number of carbonyl (C=O) groups is 1. The lowest BCUT2D eigenvalue weighted by Crippen LogP contribution is -2.20. The molecule has 4 rings (SSSR count). The number of oxazole rings is 1. The van der Waals surface area contributed by atoms with Crippen molar-refractivity contribution in [2.45, 2.75) is 33.6 Å². The molecule has 0 aliphatic heterocycles. The third-order valence-electron chi connectivity index (χ3n) is 5.41. The Balaban J connectivity index is 1.50. The molecule has 0 bridgehead atoms. The van der Waals surface area contributed by atoms with Crippen molar-refractivity contribution in [3.05, 3.63) is 76.3 Å². The number of carbonyl (C=O) groups excluding carboxylic acids is 1. The van der Waals surface area contributed by atoms with E-state index in [-0.39, 0.29) is 12.5 Å². The molecule has 0 unspecified atom stereocenters. The number of nitrogens with zero attached hydrogens (tertiary/aromatic N) is 1. The van der Waals surface area contributed by atoms with Gasteiger partial charge in [-0.2, -0.15) is 0 Å². The minimum atomic E-state index is -0.304. The third kappa shape index (κ3) is 4.78. The molecule has 0 fully saturated rings. The second-order valence-corrected chi connectivity index (χ2v) is 8.59. The summed E-state index contributed by atoms with van der Waals surface area (Å²) in [4.78, 5) is 17.1. The molecule has 1 aromatic heterocycles. The first-order valence-electron chi connectivity index (χ1n) is 10.5. The summed E-state index contributed by atoms with van der Waals surface area (Å²) in [6.45, 7) is 8.19. The summed E-state index contributed by atoms with van der Waals surface area (Å²) in [5.41, 5.74) is 6.19. The second-order valence-electron chi connectivity index (χ2n) is 8.18. The molecule has 0 radical (unpaired) electrons. The third-order valence-corrected chi connectivity index (χ3v) is 5.74. The van der Waals surface area contributed by atoms with Gasteiger partial charge in [-0.1, -0.05) is 37.6 Å². The van der Waals surface area contributed by atoms with Gasteiger partial charge in [0.1, 0.15) is 11.3 Å². The summed E-state index contributed by atoms with van der Waals surface area (Å²) >= 11 is 6.31. The number of amides is 1. The molecular formula is C26H25ClN2O3. The van der Waals surface area contributed by atoms with Crippen LogP contribution in [0.1, 0.15) is 36.5 Å². The van der Waals surface area contributed by atoms with Gasteiger partial charge in [0, 0.05) is 5.56 Å². The highest BCUT2D eigenvalue weighted by Gasteiger charge is 2.14. The molecule has 3 aromatic carbocycles. The van der Waals surface area contributed by atoms with Crippen LogP contribution in [-0.2, 0) is 4.79 Å². The van der Waals surface area contributed by atoms with Crippen LogP contribution in [0.5, 0.6) is 5.75 Å². The largest absolute Gasteiger partial charge is 0.484 e. The predicted octanol–water partition coefficient (Wildman–Crippen LogP) is 6.91. The summed E-state index contributed by atoms with van der Waals surface area (Å²) in [5, 5.41) is 3.23. The van der Waals surface area contributed by atoms with Gasteiger partial charge in [0.25, 0.3) is 5.91 Å². The minimum Gasteiger partial charge on any atom is -0.484 e. The zero-order chi connectivity index (χ0) is 22.8. The van der Waals surface area contributed by atoms with E-state index in [1.54, 1.807) is 12.1 Å². The van der Waals surface area contributed by atoms with E-state index in [0.29, 0.717) is 33.9 Å². The van der Waals surface area contributed by atoms with E-state index in [1.165, 1.54) is 11.1 Å². The van der Waals surface area contributed by atoms with Gasteiger partial charge in [-0.3, -0.25) is 4.79 Å².